The van der Waals surface area contributed by atoms with Crippen LogP contribution in [0.15, 0.2) is 30.5 Å². The largest absolute Gasteiger partial charge is 0.573 e. The van der Waals surface area contributed by atoms with E-state index in [1.165, 1.54) is 10.7 Å². The quantitative estimate of drug-likeness (QED) is 0.626. The van der Waals surface area contributed by atoms with E-state index in [1.807, 2.05) is 0 Å². The maximum Gasteiger partial charge on any atom is 0.573 e. The molecule has 0 N–H and O–H groups in total. The van der Waals surface area contributed by atoms with E-state index in [0.29, 0.717) is 0 Å². The number of nitrogens with zero attached hydrogens (tertiary/aromatic N) is 3. The Hall–Kier alpha value is -2.78. The molecule has 1 aromatic carbocycles. The predicted octanol–water partition coefficient (Wildman–Crippen LogP) is 2.81. The highest BCUT2D eigenvalue weighted by Crippen LogP contribution is 2.33. The number of ether oxygens (including phenoxy) is 2. The highest BCUT2D eigenvalue weighted by molar-refractivity contribution is 5.49. The average Bonchev–Trinajstić information content (AvgIpc) is 2.81. The molecule has 0 aliphatic heterocycles. The van der Waals surface area contributed by atoms with Crippen molar-refractivity contribution in [2.24, 2.45) is 7.05 Å². The summed E-state index contributed by atoms with van der Waals surface area (Å²) in [5, 5.41) is 14.8. The van der Waals surface area contributed by atoms with Crippen LogP contribution in [-0.2, 0) is 13.7 Å². The molecular weight excluding hydrogens is 307 g/mol. The van der Waals surface area contributed by atoms with Gasteiger partial charge in [0.05, 0.1) is 4.92 Å². The van der Waals surface area contributed by atoms with Gasteiger partial charge in [-0.2, -0.15) is 0 Å². The van der Waals surface area contributed by atoms with Gasteiger partial charge < -0.3 is 9.47 Å². The van der Waals surface area contributed by atoms with Crippen LogP contribution in [-0.4, -0.2) is 21.1 Å². The molecule has 2 rings (SSSR count). The third kappa shape index (κ3) is 3.87. The van der Waals surface area contributed by atoms with Crippen molar-refractivity contribution in [1.29, 1.82) is 0 Å². The van der Waals surface area contributed by atoms with E-state index in [9.17, 15) is 23.3 Å². The molecule has 0 radical (unpaired) electrons. The molecule has 0 bridgehead atoms. The normalized spacial score (nSPS) is 11.3. The minimum absolute atomic E-state index is 0.124. The van der Waals surface area contributed by atoms with Gasteiger partial charge in [0.15, 0.2) is 0 Å². The van der Waals surface area contributed by atoms with Crippen LogP contribution in [0.3, 0.4) is 0 Å². The maximum absolute atomic E-state index is 12.4. The molecule has 0 aliphatic carbocycles. The zero-order chi connectivity index (χ0) is 16.3. The van der Waals surface area contributed by atoms with Gasteiger partial charge in [-0.15, -0.1) is 18.3 Å². The van der Waals surface area contributed by atoms with Crippen LogP contribution in [0.2, 0.25) is 0 Å². The van der Waals surface area contributed by atoms with Gasteiger partial charge in [-0.1, -0.05) is 6.07 Å². The predicted molar refractivity (Wildman–Crippen MR) is 67.3 cm³/mol. The third-order valence-corrected chi connectivity index (χ3v) is 2.58. The molecule has 0 aliphatic rings. The highest BCUT2D eigenvalue weighted by atomic mass is 19.4. The SMILES string of the molecule is Cn1ccc(OCc2c(OC(F)(F)F)cccc2[N+](=O)[O-])n1. The summed E-state index contributed by atoms with van der Waals surface area (Å²) in [5.74, 6) is -0.559. The summed E-state index contributed by atoms with van der Waals surface area (Å²) in [6.45, 7) is -0.487. The zero-order valence-corrected chi connectivity index (χ0v) is 11.2. The van der Waals surface area contributed by atoms with Crippen molar-refractivity contribution in [3.05, 3.63) is 46.1 Å². The number of nitro groups is 1. The van der Waals surface area contributed by atoms with E-state index in [4.69, 9.17) is 4.74 Å². The van der Waals surface area contributed by atoms with Gasteiger partial charge in [0.1, 0.15) is 17.9 Å². The van der Waals surface area contributed by atoms with Crippen LogP contribution in [0, 0.1) is 10.1 Å². The first-order chi connectivity index (χ1) is 10.3. The molecule has 0 saturated carbocycles. The summed E-state index contributed by atoms with van der Waals surface area (Å²) in [4.78, 5) is 10.1. The van der Waals surface area contributed by atoms with Crippen LogP contribution in [0.25, 0.3) is 0 Å². The monoisotopic (exact) mass is 317 g/mol. The molecule has 0 spiro atoms. The molecule has 2 aromatic rings. The first-order valence-corrected chi connectivity index (χ1v) is 5.91. The van der Waals surface area contributed by atoms with Gasteiger partial charge in [0, 0.05) is 25.4 Å². The Morgan fingerprint density at radius 1 is 1.36 bits per heavy atom. The average molecular weight is 317 g/mol. The fourth-order valence-corrected chi connectivity index (χ4v) is 1.71. The fourth-order valence-electron chi connectivity index (χ4n) is 1.71. The molecule has 0 unspecified atom stereocenters. The number of alkyl halides is 3. The van der Waals surface area contributed by atoms with Gasteiger partial charge in [-0.3, -0.25) is 14.8 Å². The van der Waals surface area contributed by atoms with Crippen molar-refractivity contribution in [3.63, 3.8) is 0 Å². The lowest BCUT2D eigenvalue weighted by Crippen LogP contribution is -2.19. The molecule has 7 nitrogen and oxygen atoms in total. The van der Waals surface area contributed by atoms with Gasteiger partial charge in [-0.25, -0.2) is 0 Å². The number of rotatable bonds is 5. The van der Waals surface area contributed by atoms with Gasteiger partial charge in [0.2, 0.25) is 5.88 Å². The second-order valence-corrected chi connectivity index (χ2v) is 4.18. The Balaban J connectivity index is 2.30. The van der Waals surface area contributed by atoms with Crippen molar-refractivity contribution in [3.8, 4) is 11.6 Å². The Morgan fingerprint density at radius 2 is 2.09 bits per heavy atom. The van der Waals surface area contributed by atoms with Crippen LogP contribution in [0.5, 0.6) is 11.6 Å². The smallest absolute Gasteiger partial charge is 0.471 e. The number of nitro benzene ring substituents is 1. The van der Waals surface area contributed by atoms with Crippen LogP contribution >= 0.6 is 0 Å². The summed E-state index contributed by atoms with van der Waals surface area (Å²) in [6.07, 6.45) is -3.41. The van der Waals surface area contributed by atoms with Crippen molar-refractivity contribution >= 4 is 5.69 Å². The van der Waals surface area contributed by atoms with E-state index in [-0.39, 0.29) is 11.4 Å². The molecule has 0 amide bonds. The lowest BCUT2D eigenvalue weighted by atomic mass is 10.1. The van der Waals surface area contributed by atoms with Crippen molar-refractivity contribution in [1.82, 2.24) is 9.78 Å². The van der Waals surface area contributed by atoms with E-state index < -0.39 is 29.3 Å². The van der Waals surface area contributed by atoms with Crippen LogP contribution < -0.4 is 9.47 Å². The third-order valence-electron chi connectivity index (χ3n) is 2.58. The van der Waals surface area contributed by atoms with Crippen molar-refractivity contribution < 1.29 is 27.6 Å². The van der Waals surface area contributed by atoms with E-state index in [2.05, 4.69) is 9.84 Å². The standard InChI is InChI=1S/C12H10F3N3O4/c1-17-6-5-11(16-17)21-7-8-9(18(19)20)3-2-4-10(8)22-12(13,14)15/h2-6H,7H2,1H3. The zero-order valence-electron chi connectivity index (χ0n) is 11.2. The number of halogens is 3. The van der Waals surface area contributed by atoms with Crippen molar-refractivity contribution in [2.45, 2.75) is 13.0 Å². The summed E-state index contributed by atoms with van der Waals surface area (Å²) < 4.78 is 47.5. The highest BCUT2D eigenvalue weighted by Gasteiger charge is 2.34. The molecule has 1 aromatic heterocycles. The number of hydrogen-bond acceptors (Lipinski definition) is 5. The lowest BCUT2D eigenvalue weighted by Gasteiger charge is -2.13. The molecular formula is C12H10F3N3O4. The Bertz CT molecular complexity index is 684. The lowest BCUT2D eigenvalue weighted by molar-refractivity contribution is -0.386. The maximum atomic E-state index is 12.4. The van der Waals surface area contributed by atoms with E-state index >= 15 is 0 Å². The van der Waals surface area contributed by atoms with Gasteiger partial charge in [-0.05, 0) is 6.07 Å². The molecule has 10 heteroatoms. The minimum atomic E-state index is -4.96. The molecule has 0 atom stereocenters. The number of hydrogen-bond donors (Lipinski definition) is 0. The van der Waals surface area contributed by atoms with E-state index in [1.54, 1.807) is 13.2 Å². The van der Waals surface area contributed by atoms with Gasteiger partial charge in [0.25, 0.3) is 5.69 Å². The second-order valence-electron chi connectivity index (χ2n) is 4.18. The molecule has 118 valence electrons. The number of benzene rings is 1. The molecule has 0 saturated heterocycles. The molecule has 22 heavy (non-hydrogen) atoms. The van der Waals surface area contributed by atoms with Crippen molar-refractivity contribution in [2.75, 3.05) is 0 Å². The summed E-state index contributed by atoms with van der Waals surface area (Å²) >= 11 is 0. The first-order valence-electron chi connectivity index (χ1n) is 5.91. The van der Waals surface area contributed by atoms with Crippen LogP contribution in [0.4, 0.5) is 18.9 Å². The van der Waals surface area contributed by atoms with Gasteiger partial charge >= 0.3 is 6.36 Å². The van der Waals surface area contributed by atoms with E-state index in [0.717, 1.165) is 18.2 Å². The second kappa shape index (κ2) is 5.92. The summed E-state index contributed by atoms with van der Waals surface area (Å²) in [7, 11) is 1.62. The Kier molecular flexibility index (Phi) is 4.20. The number of aryl methyl sites for hydroxylation is 1. The molecule has 1 heterocycles. The molecule has 0 fully saturated rings. The topological polar surface area (TPSA) is 79.4 Å². The first kappa shape index (κ1) is 15.6. The Morgan fingerprint density at radius 3 is 2.64 bits per heavy atom. The number of aromatic nitrogens is 2. The van der Waals surface area contributed by atoms with Crippen LogP contribution in [0.1, 0.15) is 5.56 Å². The Labute approximate surface area is 122 Å². The summed E-state index contributed by atoms with van der Waals surface area (Å²) in [5.41, 5.74) is -0.854. The fraction of sp³-hybridized carbons (Fsp3) is 0.250. The summed E-state index contributed by atoms with van der Waals surface area (Å²) in [6, 6.07) is 4.63. The minimum Gasteiger partial charge on any atom is -0.471 e.